The van der Waals surface area contributed by atoms with Gasteiger partial charge in [-0.15, -0.1) is 0 Å². The van der Waals surface area contributed by atoms with Crippen molar-refractivity contribution in [3.8, 4) is 0 Å². The summed E-state index contributed by atoms with van der Waals surface area (Å²) in [5.41, 5.74) is 8.10. The molecule has 1 rings (SSSR count). The van der Waals surface area contributed by atoms with Crippen LogP contribution in [-0.2, 0) is 6.42 Å². The number of anilines is 1. The minimum atomic E-state index is 0.529. The molecule has 2 heteroatoms. The fraction of sp³-hybridized carbons (Fsp3) is 0.500. The Morgan fingerprint density at radius 1 is 1.29 bits per heavy atom. The summed E-state index contributed by atoms with van der Waals surface area (Å²) in [6.45, 7) is 5.99. The van der Waals surface area contributed by atoms with E-state index in [1.54, 1.807) is 0 Å². The van der Waals surface area contributed by atoms with Crippen LogP contribution in [0.1, 0.15) is 19.4 Å². The first-order valence-corrected chi connectivity index (χ1v) is 5.29. The normalized spacial score (nSPS) is 12.5. The van der Waals surface area contributed by atoms with Crippen molar-refractivity contribution in [2.24, 2.45) is 11.7 Å². The maximum absolute atomic E-state index is 5.54. The van der Waals surface area contributed by atoms with E-state index < -0.39 is 0 Å². The summed E-state index contributed by atoms with van der Waals surface area (Å²) in [7, 11) is 0. The zero-order chi connectivity index (χ0) is 10.4. The SMILES string of the molecule is CCc1ccc(NCC(C)CN)cc1. The molecular formula is C12H20N2. The lowest BCUT2D eigenvalue weighted by molar-refractivity contribution is 0.628. The lowest BCUT2D eigenvalue weighted by atomic mass is 10.1. The van der Waals surface area contributed by atoms with Gasteiger partial charge in [0, 0.05) is 12.2 Å². The smallest absolute Gasteiger partial charge is 0.0340 e. The molecular weight excluding hydrogens is 172 g/mol. The standard InChI is InChI=1S/C12H20N2/c1-3-11-4-6-12(7-5-11)14-9-10(2)8-13/h4-7,10,14H,3,8-9,13H2,1-2H3. The van der Waals surface area contributed by atoms with Crippen LogP contribution in [0.2, 0.25) is 0 Å². The average Bonchev–Trinajstić information content (AvgIpc) is 2.26. The molecule has 1 atom stereocenters. The summed E-state index contributed by atoms with van der Waals surface area (Å²) in [6.07, 6.45) is 1.10. The number of hydrogen-bond acceptors (Lipinski definition) is 2. The van der Waals surface area contributed by atoms with Crippen LogP contribution in [0.4, 0.5) is 5.69 Å². The van der Waals surface area contributed by atoms with E-state index in [1.807, 2.05) is 0 Å². The summed E-state index contributed by atoms with van der Waals surface area (Å²) >= 11 is 0. The highest BCUT2D eigenvalue weighted by Crippen LogP contribution is 2.10. The van der Waals surface area contributed by atoms with Gasteiger partial charge in [0.05, 0.1) is 0 Å². The summed E-state index contributed by atoms with van der Waals surface area (Å²) in [5.74, 6) is 0.529. The minimum absolute atomic E-state index is 0.529. The molecule has 2 nitrogen and oxygen atoms in total. The van der Waals surface area contributed by atoms with Crippen LogP contribution < -0.4 is 11.1 Å². The molecule has 0 aliphatic rings. The predicted octanol–water partition coefficient (Wildman–Crippen LogP) is 2.26. The maximum atomic E-state index is 5.54. The monoisotopic (exact) mass is 192 g/mol. The summed E-state index contributed by atoms with van der Waals surface area (Å²) < 4.78 is 0. The van der Waals surface area contributed by atoms with Gasteiger partial charge in [0.2, 0.25) is 0 Å². The van der Waals surface area contributed by atoms with Crippen LogP contribution in [-0.4, -0.2) is 13.1 Å². The molecule has 1 aromatic rings. The molecule has 3 N–H and O–H groups in total. The lowest BCUT2D eigenvalue weighted by Gasteiger charge is -2.11. The van der Waals surface area contributed by atoms with Crippen molar-refractivity contribution in [2.75, 3.05) is 18.4 Å². The molecule has 0 saturated carbocycles. The third-order valence-corrected chi connectivity index (χ3v) is 2.42. The second kappa shape index (κ2) is 5.66. The first-order chi connectivity index (χ1) is 6.76. The van der Waals surface area contributed by atoms with Crippen molar-refractivity contribution in [1.82, 2.24) is 0 Å². The van der Waals surface area contributed by atoms with E-state index in [0.717, 1.165) is 19.5 Å². The van der Waals surface area contributed by atoms with Gasteiger partial charge in [0.1, 0.15) is 0 Å². The third-order valence-electron chi connectivity index (χ3n) is 2.42. The number of benzene rings is 1. The van der Waals surface area contributed by atoms with Crippen molar-refractivity contribution < 1.29 is 0 Å². The van der Waals surface area contributed by atoms with Crippen LogP contribution in [0, 0.1) is 5.92 Å². The molecule has 0 spiro atoms. The molecule has 0 radical (unpaired) electrons. The van der Waals surface area contributed by atoms with Gasteiger partial charge in [-0.25, -0.2) is 0 Å². The number of nitrogens with one attached hydrogen (secondary N) is 1. The Morgan fingerprint density at radius 2 is 1.93 bits per heavy atom. The van der Waals surface area contributed by atoms with E-state index in [4.69, 9.17) is 5.73 Å². The first-order valence-electron chi connectivity index (χ1n) is 5.29. The van der Waals surface area contributed by atoms with E-state index in [-0.39, 0.29) is 0 Å². The molecule has 0 saturated heterocycles. The first kappa shape index (κ1) is 11.1. The molecule has 1 unspecified atom stereocenters. The predicted molar refractivity (Wildman–Crippen MR) is 62.5 cm³/mol. The van der Waals surface area contributed by atoms with Crippen molar-refractivity contribution in [3.63, 3.8) is 0 Å². The highest BCUT2D eigenvalue weighted by atomic mass is 14.9. The van der Waals surface area contributed by atoms with Gasteiger partial charge in [-0.05, 0) is 36.6 Å². The quantitative estimate of drug-likeness (QED) is 0.751. The maximum Gasteiger partial charge on any atom is 0.0340 e. The van der Waals surface area contributed by atoms with Crippen molar-refractivity contribution >= 4 is 5.69 Å². The van der Waals surface area contributed by atoms with E-state index in [9.17, 15) is 0 Å². The second-order valence-corrected chi connectivity index (χ2v) is 3.77. The fourth-order valence-electron chi connectivity index (χ4n) is 1.23. The Morgan fingerprint density at radius 3 is 2.43 bits per heavy atom. The van der Waals surface area contributed by atoms with Gasteiger partial charge in [-0.2, -0.15) is 0 Å². The van der Waals surface area contributed by atoms with E-state index >= 15 is 0 Å². The summed E-state index contributed by atoms with van der Waals surface area (Å²) in [4.78, 5) is 0. The topological polar surface area (TPSA) is 38.0 Å². The highest BCUT2D eigenvalue weighted by molar-refractivity contribution is 5.44. The molecule has 0 amide bonds. The van der Waals surface area contributed by atoms with Gasteiger partial charge in [-0.1, -0.05) is 26.0 Å². The minimum Gasteiger partial charge on any atom is -0.385 e. The van der Waals surface area contributed by atoms with Crippen LogP contribution in [0.15, 0.2) is 24.3 Å². The fourth-order valence-corrected chi connectivity index (χ4v) is 1.23. The van der Waals surface area contributed by atoms with Gasteiger partial charge in [0.25, 0.3) is 0 Å². The van der Waals surface area contributed by atoms with Crippen molar-refractivity contribution in [2.45, 2.75) is 20.3 Å². The average molecular weight is 192 g/mol. The molecule has 1 aromatic carbocycles. The molecule has 14 heavy (non-hydrogen) atoms. The third kappa shape index (κ3) is 3.38. The highest BCUT2D eigenvalue weighted by Gasteiger charge is 1.98. The Labute approximate surface area is 86.5 Å². The number of rotatable bonds is 5. The lowest BCUT2D eigenvalue weighted by Crippen LogP contribution is -2.19. The van der Waals surface area contributed by atoms with Crippen LogP contribution in [0.3, 0.4) is 0 Å². The van der Waals surface area contributed by atoms with Crippen molar-refractivity contribution in [3.05, 3.63) is 29.8 Å². The van der Waals surface area contributed by atoms with E-state index in [1.165, 1.54) is 11.3 Å². The number of aryl methyl sites for hydroxylation is 1. The largest absolute Gasteiger partial charge is 0.385 e. The van der Waals surface area contributed by atoms with Gasteiger partial charge >= 0.3 is 0 Å². The van der Waals surface area contributed by atoms with Crippen LogP contribution in [0.25, 0.3) is 0 Å². The molecule has 0 fully saturated rings. The van der Waals surface area contributed by atoms with Crippen LogP contribution in [0.5, 0.6) is 0 Å². The number of nitrogens with two attached hydrogens (primary N) is 1. The van der Waals surface area contributed by atoms with E-state index in [0.29, 0.717) is 5.92 Å². The zero-order valence-electron chi connectivity index (χ0n) is 9.09. The van der Waals surface area contributed by atoms with E-state index in [2.05, 4.69) is 43.4 Å². The Balaban J connectivity index is 2.43. The summed E-state index contributed by atoms with van der Waals surface area (Å²) in [5, 5.41) is 3.37. The second-order valence-electron chi connectivity index (χ2n) is 3.77. The van der Waals surface area contributed by atoms with Gasteiger partial charge < -0.3 is 11.1 Å². The Kier molecular flexibility index (Phi) is 4.47. The molecule has 0 aliphatic carbocycles. The Hall–Kier alpha value is -1.02. The number of hydrogen-bond donors (Lipinski definition) is 2. The molecule has 78 valence electrons. The van der Waals surface area contributed by atoms with Gasteiger partial charge in [0.15, 0.2) is 0 Å². The zero-order valence-corrected chi connectivity index (χ0v) is 9.09. The van der Waals surface area contributed by atoms with Gasteiger partial charge in [-0.3, -0.25) is 0 Å². The molecule has 0 aromatic heterocycles. The molecule has 0 bridgehead atoms. The summed E-state index contributed by atoms with van der Waals surface area (Å²) in [6, 6.07) is 8.58. The van der Waals surface area contributed by atoms with Crippen molar-refractivity contribution in [1.29, 1.82) is 0 Å². The van der Waals surface area contributed by atoms with Crippen LogP contribution >= 0.6 is 0 Å². The molecule has 0 aliphatic heterocycles. The molecule has 0 heterocycles. The Bertz CT molecular complexity index is 254.